The Kier molecular flexibility index (Phi) is 13.4. The van der Waals surface area contributed by atoms with Crippen LogP contribution in [0, 0.1) is 0 Å². The third-order valence-corrected chi connectivity index (χ3v) is 17.4. The minimum atomic E-state index is 0.565. The van der Waals surface area contributed by atoms with Crippen molar-refractivity contribution in [1.82, 2.24) is 39.0 Å². The smallest absolute Gasteiger partial charge is 0.164 e. The Morgan fingerprint density at radius 3 is 0.783 bits per heavy atom. The van der Waals surface area contributed by atoms with E-state index in [4.69, 9.17) is 29.9 Å². The number of benzene rings is 13. The van der Waals surface area contributed by atoms with E-state index in [-0.39, 0.29) is 0 Å². The maximum absolute atomic E-state index is 5.28. The van der Waals surface area contributed by atoms with Crippen molar-refractivity contribution >= 4 is 43.6 Å². The number of rotatable bonds is 12. The Hall–Kier alpha value is -12.5. The van der Waals surface area contributed by atoms with E-state index in [1.807, 2.05) is 72.8 Å². The third kappa shape index (κ3) is 9.76. The molecule has 8 nitrogen and oxygen atoms in total. The SMILES string of the molecule is c1ccc(-c2ccc3c(c2)c2ccccc2n3-c2ccc(-c3nc(-c4ccccc4)nc(-c4ccccc4)n3)cc2-c2cccc(-c3cc(-c4nc(-c5ccccc5)nc(-c5ccccc5)n4)ccc3-n3c4ccccc4c4cc(-c5ccccc5)ccc43)c2)cc1. The van der Waals surface area contributed by atoms with Gasteiger partial charge < -0.3 is 9.13 Å². The molecule has 92 heavy (non-hydrogen) atoms. The van der Waals surface area contributed by atoms with Gasteiger partial charge in [-0.05, 0) is 112 Å². The lowest BCUT2D eigenvalue weighted by molar-refractivity contribution is 1.07. The van der Waals surface area contributed by atoms with Crippen LogP contribution in [0.15, 0.2) is 328 Å². The molecule has 0 fully saturated rings. The summed E-state index contributed by atoms with van der Waals surface area (Å²) in [6, 6.07) is 115. The highest BCUT2D eigenvalue weighted by atomic mass is 15.0. The summed E-state index contributed by atoms with van der Waals surface area (Å²) in [4.78, 5) is 31.3. The van der Waals surface area contributed by atoms with Crippen molar-refractivity contribution in [3.8, 4) is 124 Å². The van der Waals surface area contributed by atoms with E-state index in [1.165, 1.54) is 11.1 Å². The van der Waals surface area contributed by atoms with Gasteiger partial charge in [-0.3, -0.25) is 0 Å². The molecule has 0 aliphatic heterocycles. The number of fused-ring (bicyclic) bond motifs is 6. The zero-order chi connectivity index (χ0) is 60.9. The molecular formula is C84H54N8. The number of aromatic nitrogens is 8. The molecule has 0 saturated heterocycles. The Morgan fingerprint density at radius 1 is 0.163 bits per heavy atom. The number of para-hydroxylation sites is 2. The molecule has 0 aliphatic carbocycles. The average molecular weight is 1180 g/mol. The predicted molar refractivity (Wildman–Crippen MR) is 376 cm³/mol. The number of nitrogens with zero attached hydrogens (tertiary/aromatic N) is 8. The van der Waals surface area contributed by atoms with Gasteiger partial charge in [-0.1, -0.05) is 249 Å². The maximum atomic E-state index is 5.28. The van der Waals surface area contributed by atoms with Crippen LogP contribution < -0.4 is 0 Å². The third-order valence-electron chi connectivity index (χ3n) is 17.4. The summed E-state index contributed by atoms with van der Waals surface area (Å²) in [6.45, 7) is 0. The van der Waals surface area contributed by atoms with Crippen LogP contribution in [0.3, 0.4) is 0 Å². The fourth-order valence-electron chi connectivity index (χ4n) is 13.0. The van der Waals surface area contributed by atoms with Gasteiger partial charge >= 0.3 is 0 Å². The summed E-state index contributed by atoms with van der Waals surface area (Å²) in [6.07, 6.45) is 0. The predicted octanol–water partition coefficient (Wildman–Crippen LogP) is 20.9. The van der Waals surface area contributed by atoms with Crippen molar-refractivity contribution in [2.24, 2.45) is 0 Å². The molecule has 430 valence electrons. The lowest BCUT2D eigenvalue weighted by atomic mass is 9.94. The van der Waals surface area contributed by atoms with Crippen LogP contribution in [-0.4, -0.2) is 39.0 Å². The Morgan fingerprint density at radius 2 is 0.435 bits per heavy atom. The topological polar surface area (TPSA) is 87.2 Å². The van der Waals surface area contributed by atoms with Gasteiger partial charge in [-0.25, -0.2) is 29.9 Å². The Labute approximate surface area is 531 Å². The van der Waals surface area contributed by atoms with Gasteiger partial charge in [-0.2, -0.15) is 0 Å². The van der Waals surface area contributed by atoms with Crippen LogP contribution in [0.25, 0.3) is 168 Å². The normalized spacial score (nSPS) is 11.5. The van der Waals surface area contributed by atoms with E-state index in [0.29, 0.717) is 34.9 Å². The van der Waals surface area contributed by atoms with Gasteiger partial charge in [-0.15, -0.1) is 0 Å². The molecular weight excluding hydrogens is 1120 g/mol. The maximum Gasteiger partial charge on any atom is 0.164 e. The van der Waals surface area contributed by atoms with Gasteiger partial charge in [0.15, 0.2) is 34.9 Å². The van der Waals surface area contributed by atoms with Gasteiger partial charge in [0, 0.05) is 66.1 Å². The van der Waals surface area contributed by atoms with Crippen molar-refractivity contribution < 1.29 is 0 Å². The van der Waals surface area contributed by atoms with E-state index in [1.54, 1.807) is 0 Å². The fourth-order valence-corrected chi connectivity index (χ4v) is 13.0. The first-order chi connectivity index (χ1) is 45.6. The first-order valence-corrected chi connectivity index (χ1v) is 30.9. The first kappa shape index (κ1) is 53.7. The Bertz CT molecular complexity index is 5150. The van der Waals surface area contributed by atoms with Crippen molar-refractivity contribution in [2.75, 3.05) is 0 Å². The average Bonchev–Trinajstić information content (AvgIpc) is 1.59. The molecule has 0 atom stereocenters. The molecule has 0 spiro atoms. The van der Waals surface area contributed by atoms with Gasteiger partial charge in [0.25, 0.3) is 0 Å². The van der Waals surface area contributed by atoms with Crippen molar-refractivity contribution in [1.29, 1.82) is 0 Å². The summed E-state index contributed by atoms with van der Waals surface area (Å²) in [5.74, 6) is 3.51. The minimum absolute atomic E-state index is 0.565. The molecule has 17 aromatic rings. The minimum Gasteiger partial charge on any atom is -0.309 e. The first-order valence-electron chi connectivity index (χ1n) is 30.9. The van der Waals surface area contributed by atoms with E-state index in [0.717, 1.165) is 122 Å². The van der Waals surface area contributed by atoms with E-state index in [2.05, 4.69) is 264 Å². The summed E-state index contributed by atoms with van der Waals surface area (Å²) >= 11 is 0. The van der Waals surface area contributed by atoms with E-state index in [9.17, 15) is 0 Å². The number of hydrogen-bond acceptors (Lipinski definition) is 6. The molecule has 0 unspecified atom stereocenters. The standard InChI is InChI=1S/C84H54N8/c1-7-24-55(25-8-1)61-42-46-77-71(51-61)67-38-19-21-40-73(67)91(77)75-48-44-65(83-87-79(57-28-11-3-12-29-57)85-80(88-83)58-30-13-4-14-31-58)53-69(75)63-36-23-37-64(50-63)70-54-66(84-89-81(59-32-15-5-16-33-59)86-82(90-84)60-34-17-6-18-35-60)45-49-76(70)92-74-41-22-20-39-68(74)72-52-62(43-47-78(72)92)56-26-9-2-10-27-56/h1-54H. The zero-order valence-corrected chi connectivity index (χ0v) is 49.8. The van der Waals surface area contributed by atoms with Crippen molar-refractivity contribution in [3.05, 3.63) is 328 Å². The van der Waals surface area contributed by atoms with Crippen LogP contribution in [0.5, 0.6) is 0 Å². The highest BCUT2D eigenvalue weighted by Crippen LogP contribution is 2.44. The molecule has 13 aromatic carbocycles. The summed E-state index contributed by atoms with van der Waals surface area (Å²) in [5, 5.41) is 4.65. The summed E-state index contributed by atoms with van der Waals surface area (Å²) in [7, 11) is 0. The van der Waals surface area contributed by atoms with Crippen LogP contribution in [0.2, 0.25) is 0 Å². The largest absolute Gasteiger partial charge is 0.309 e. The number of hydrogen-bond donors (Lipinski definition) is 0. The molecule has 0 aliphatic rings. The molecule has 0 radical (unpaired) electrons. The molecule has 0 N–H and O–H groups in total. The van der Waals surface area contributed by atoms with E-state index < -0.39 is 0 Å². The second kappa shape index (κ2) is 22.9. The van der Waals surface area contributed by atoms with Gasteiger partial charge in [0.05, 0.1) is 33.4 Å². The Balaban J connectivity index is 0.917. The highest BCUT2D eigenvalue weighted by Gasteiger charge is 2.23. The lowest BCUT2D eigenvalue weighted by Crippen LogP contribution is -2.02. The van der Waals surface area contributed by atoms with Crippen LogP contribution in [0.1, 0.15) is 0 Å². The fraction of sp³-hybridized carbons (Fsp3) is 0. The van der Waals surface area contributed by atoms with Crippen molar-refractivity contribution in [3.63, 3.8) is 0 Å². The van der Waals surface area contributed by atoms with E-state index >= 15 is 0 Å². The quantitative estimate of drug-likeness (QED) is 0.121. The van der Waals surface area contributed by atoms with Gasteiger partial charge in [0.2, 0.25) is 0 Å². The molecule has 17 rings (SSSR count). The van der Waals surface area contributed by atoms with Crippen LogP contribution >= 0.6 is 0 Å². The molecule has 0 saturated carbocycles. The van der Waals surface area contributed by atoms with Crippen molar-refractivity contribution in [2.45, 2.75) is 0 Å². The molecule has 4 heterocycles. The van der Waals surface area contributed by atoms with Crippen LogP contribution in [0.4, 0.5) is 0 Å². The monoisotopic (exact) mass is 1170 g/mol. The summed E-state index contributed by atoms with van der Waals surface area (Å²) in [5.41, 5.74) is 20.3. The molecule has 4 aromatic heterocycles. The second-order valence-electron chi connectivity index (χ2n) is 23.0. The van der Waals surface area contributed by atoms with Crippen LogP contribution in [-0.2, 0) is 0 Å². The highest BCUT2D eigenvalue weighted by molar-refractivity contribution is 6.12. The molecule has 8 heteroatoms. The molecule has 0 amide bonds. The van der Waals surface area contributed by atoms with Gasteiger partial charge in [0.1, 0.15) is 0 Å². The lowest BCUT2D eigenvalue weighted by Gasteiger charge is -2.19. The molecule has 0 bridgehead atoms. The summed E-state index contributed by atoms with van der Waals surface area (Å²) < 4.78 is 4.85. The second-order valence-corrected chi connectivity index (χ2v) is 23.0. The zero-order valence-electron chi connectivity index (χ0n) is 49.8.